The number of benzene rings is 3. The minimum absolute atomic E-state index is 0.115. The number of hydrazone groups is 1. The molecule has 2 N–H and O–H groups in total. The molecule has 0 radical (unpaired) electrons. The van der Waals surface area contributed by atoms with E-state index < -0.39 is 0 Å². The van der Waals surface area contributed by atoms with Gasteiger partial charge in [-0.3, -0.25) is 4.79 Å². The van der Waals surface area contributed by atoms with Crippen LogP contribution >= 0.6 is 0 Å². The van der Waals surface area contributed by atoms with Gasteiger partial charge in [-0.2, -0.15) is 5.10 Å². The average Bonchev–Trinajstić information content (AvgIpc) is 2.84. The smallest absolute Gasteiger partial charge is 0.271 e. The molecule has 0 aliphatic rings. The Morgan fingerprint density at radius 2 is 1.61 bits per heavy atom. The lowest BCUT2D eigenvalue weighted by Crippen LogP contribution is -2.17. The summed E-state index contributed by atoms with van der Waals surface area (Å²) in [4.78, 5) is 12.4. The number of ether oxygens (including phenoxy) is 1. The molecule has 0 bridgehead atoms. The highest BCUT2D eigenvalue weighted by molar-refractivity contribution is 6.03. The molecule has 0 atom stereocenters. The van der Waals surface area contributed by atoms with Crippen molar-refractivity contribution < 1.29 is 14.6 Å². The summed E-state index contributed by atoms with van der Waals surface area (Å²) in [7, 11) is 0. The first-order valence-corrected chi connectivity index (χ1v) is 12.0. The number of phenols is 1. The van der Waals surface area contributed by atoms with E-state index in [0.717, 1.165) is 22.9 Å². The zero-order valence-electron chi connectivity index (χ0n) is 19.4. The van der Waals surface area contributed by atoms with Crippen LogP contribution in [0.5, 0.6) is 11.5 Å². The Labute approximate surface area is 196 Å². The van der Waals surface area contributed by atoms with Crippen LogP contribution in [0.2, 0.25) is 0 Å². The number of hydrogen-bond acceptors (Lipinski definition) is 4. The van der Waals surface area contributed by atoms with Gasteiger partial charge in [0, 0.05) is 11.1 Å². The molecule has 0 heterocycles. The lowest BCUT2D eigenvalue weighted by molar-refractivity contribution is 0.0955. The number of hydrogen-bond donors (Lipinski definition) is 2. The van der Waals surface area contributed by atoms with Crippen LogP contribution in [0.1, 0.15) is 74.2 Å². The van der Waals surface area contributed by atoms with Gasteiger partial charge in [0.25, 0.3) is 5.91 Å². The number of rotatable bonds is 13. The fraction of sp³-hybridized carbons (Fsp3) is 0.357. The summed E-state index contributed by atoms with van der Waals surface area (Å²) >= 11 is 0. The molecule has 174 valence electrons. The number of nitrogens with zero attached hydrogens (tertiary/aromatic N) is 1. The van der Waals surface area contributed by atoms with Crippen LogP contribution in [0, 0.1) is 0 Å². The third-order valence-electron chi connectivity index (χ3n) is 5.69. The van der Waals surface area contributed by atoms with Gasteiger partial charge in [0.05, 0.1) is 12.8 Å². The minimum Gasteiger partial charge on any atom is -0.507 e. The first kappa shape index (κ1) is 24.3. The number of nitrogens with one attached hydrogen (secondary N) is 1. The standard InChI is InChI=1S/C28H34N2O3/c1-2-3-4-5-6-7-8-11-20-33-24-17-14-23(15-18-24)28(32)30-29-21-26-25-13-10-9-12-22(25)16-19-27(26)31/h9-10,12-19,21,31H,2-8,11,20H2,1H3,(H,30,32)/b29-21+. The molecule has 0 spiro atoms. The summed E-state index contributed by atoms with van der Waals surface area (Å²) in [5.41, 5.74) is 3.58. The van der Waals surface area contributed by atoms with Gasteiger partial charge in [0.1, 0.15) is 11.5 Å². The quantitative estimate of drug-likeness (QED) is 0.172. The summed E-state index contributed by atoms with van der Waals surface area (Å²) in [6.07, 6.45) is 11.6. The predicted octanol–water partition coefficient (Wildman–Crippen LogP) is 6.83. The van der Waals surface area contributed by atoms with Crippen molar-refractivity contribution in [3.05, 3.63) is 71.8 Å². The second-order valence-corrected chi connectivity index (χ2v) is 8.27. The summed E-state index contributed by atoms with van der Waals surface area (Å²) in [5, 5.41) is 16.1. The van der Waals surface area contributed by atoms with Crippen molar-refractivity contribution in [1.82, 2.24) is 5.43 Å². The molecule has 5 heteroatoms. The molecule has 0 fully saturated rings. The third-order valence-corrected chi connectivity index (χ3v) is 5.69. The Morgan fingerprint density at radius 3 is 2.36 bits per heavy atom. The number of carbonyl (C=O) groups is 1. The van der Waals surface area contributed by atoms with Crippen molar-refractivity contribution in [2.45, 2.75) is 58.3 Å². The molecular weight excluding hydrogens is 412 g/mol. The van der Waals surface area contributed by atoms with Crippen LogP contribution in [0.25, 0.3) is 10.8 Å². The highest BCUT2D eigenvalue weighted by Crippen LogP contribution is 2.25. The van der Waals surface area contributed by atoms with Crippen molar-refractivity contribution in [2.75, 3.05) is 6.61 Å². The Bertz CT molecular complexity index is 1040. The fourth-order valence-corrected chi connectivity index (χ4v) is 3.77. The zero-order valence-corrected chi connectivity index (χ0v) is 19.4. The summed E-state index contributed by atoms with van der Waals surface area (Å²) in [6.45, 7) is 2.93. The molecule has 0 aliphatic heterocycles. The van der Waals surface area contributed by atoms with Crippen LogP contribution in [-0.4, -0.2) is 23.8 Å². The molecule has 3 aromatic carbocycles. The van der Waals surface area contributed by atoms with E-state index in [9.17, 15) is 9.90 Å². The SMILES string of the molecule is CCCCCCCCCCOc1ccc(C(=O)N/N=C/c2c(O)ccc3ccccc23)cc1. The molecule has 3 aromatic rings. The number of phenolic OH excluding ortho intramolecular Hbond substituents is 1. The van der Waals surface area contributed by atoms with Gasteiger partial charge < -0.3 is 9.84 Å². The number of unbranched alkanes of at least 4 members (excludes halogenated alkanes) is 7. The van der Waals surface area contributed by atoms with Crippen LogP contribution < -0.4 is 10.2 Å². The molecule has 5 nitrogen and oxygen atoms in total. The van der Waals surface area contributed by atoms with E-state index in [0.29, 0.717) is 17.7 Å². The van der Waals surface area contributed by atoms with E-state index in [1.165, 1.54) is 51.2 Å². The molecule has 1 amide bonds. The van der Waals surface area contributed by atoms with Crippen molar-refractivity contribution in [2.24, 2.45) is 5.10 Å². The number of aromatic hydroxyl groups is 1. The summed E-state index contributed by atoms with van der Waals surface area (Å²) < 4.78 is 5.79. The molecule has 0 unspecified atom stereocenters. The second-order valence-electron chi connectivity index (χ2n) is 8.27. The normalized spacial score (nSPS) is 11.2. The van der Waals surface area contributed by atoms with Crippen LogP contribution in [-0.2, 0) is 0 Å². The fourth-order valence-electron chi connectivity index (χ4n) is 3.77. The van der Waals surface area contributed by atoms with Crippen molar-refractivity contribution in [1.29, 1.82) is 0 Å². The maximum absolute atomic E-state index is 12.4. The van der Waals surface area contributed by atoms with E-state index in [1.807, 2.05) is 30.3 Å². The molecule has 33 heavy (non-hydrogen) atoms. The Hall–Kier alpha value is -3.34. The Kier molecular flexibility index (Phi) is 9.77. The lowest BCUT2D eigenvalue weighted by atomic mass is 10.0. The number of carbonyl (C=O) groups excluding carboxylic acids is 1. The van der Waals surface area contributed by atoms with Crippen LogP contribution in [0.3, 0.4) is 0 Å². The first-order chi connectivity index (χ1) is 16.2. The zero-order chi connectivity index (χ0) is 23.3. The highest BCUT2D eigenvalue weighted by atomic mass is 16.5. The molecule has 0 aromatic heterocycles. The average molecular weight is 447 g/mol. The van der Waals surface area contributed by atoms with E-state index >= 15 is 0 Å². The largest absolute Gasteiger partial charge is 0.507 e. The second kappa shape index (κ2) is 13.3. The van der Waals surface area contributed by atoms with Crippen LogP contribution in [0.4, 0.5) is 0 Å². The first-order valence-electron chi connectivity index (χ1n) is 12.0. The molecule has 0 aliphatic carbocycles. The van der Waals surface area contributed by atoms with E-state index in [2.05, 4.69) is 17.5 Å². The maximum Gasteiger partial charge on any atom is 0.271 e. The molecular formula is C28H34N2O3. The number of amides is 1. The molecule has 3 rings (SSSR count). The topological polar surface area (TPSA) is 70.9 Å². The molecule has 0 saturated heterocycles. The van der Waals surface area contributed by atoms with Crippen molar-refractivity contribution in [3.8, 4) is 11.5 Å². The van der Waals surface area contributed by atoms with E-state index in [1.54, 1.807) is 30.3 Å². The van der Waals surface area contributed by atoms with E-state index in [4.69, 9.17) is 4.74 Å². The third kappa shape index (κ3) is 7.63. The van der Waals surface area contributed by atoms with Gasteiger partial charge in [0.15, 0.2) is 0 Å². The van der Waals surface area contributed by atoms with Crippen molar-refractivity contribution in [3.63, 3.8) is 0 Å². The minimum atomic E-state index is -0.319. The van der Waals surface area contributed by atoms with E-state index in [-0.39, 0.29) is 11.7 Å². The maximum atomic E-state index is 12.4. The lowest BCUT2D eigenvalue weighted by Gasteiger charge is -2.07. The van der Waals surface area contributed by atoms with Crippen LogP contribution in [0.15, 0.2) is 65.8 Å². The van der Waals surface area contributed by atoms with Gasteiger partial charge in [-0.1, -0.05) is 82.2 Å². The van der Waals surface area contributed by atoms with Gasteiger partial charge in [-0.15, -0.1) is 0 Å². The highest BCUT2D eigenvalue weighted by Gasteiger charge is 2.07. The van der Waals surface area contributed by atoms with Gasteiger partial charge in [-0.05, 0) is 47.5 Å². The summed E-state index contributed by atoms with van der Waals surface area (Å²) in [6, 6.07) is 18.2. The Balaban J connectivity index is 1.42. The monoisotopic (exact) mass is 446 g/mol. The molecule has 0 saturated carbocycles. The predicted molar refractivity (Wildman–Crippen MR) is 135 cm³/mol. The van der Waals surface area contributed by atoms with Gasteiger partial charge in [-0.25, -0.2) is 5.43 Å². The van der Waals surface area contributed by atoms with Crippen molar-refractivity contribution >= 4 is 22.9 Å². The van der Waals surface area contributed by atoms with Gasteiger partial charge >= 0.3 is 0 Å². The van der Waals surface area contributed by atoms with Gasteiger partial charge in [0.2, 0.25) is 0 Å². The Morgan fingerprint density at radius 1 is 0.909 bits per heavy atom. The number of fused-ring (bicyclic) bond motifs is 1. The summed E-state index contributed by atoms with van der Waals surface area (Å²) in [5.74, 6) is 0.559.